The second kappa shape index (κ2) is 4.98. The standard InChI is InChI=1S/C9H12NO5PS/c1-6(2)17(14,15)9-5-7(16-13)3-4-8(9)10(11)12/h3-6H,16H2,1-2H3. The molecule has 0 spiro atoms. The summed E-state index contributed by atoms with van der Waals surface area (Å²) in [7, 11) is -5.07. The summed E-state index contributed by atoms with van der Waals surface area (Å²) in [6.07, 6.45) is 0. The molecule has 0 aliphatic carbocycles. The van der Waals surface area contributed by atoms with Gasteiger partial charge in [-0.15, -0.1) is 0 Å². The Kier molecular flexibility index (Phi) is 4.06. The maximum atomic E-state index is 11.9. The molecule has 17 heavy (non-hydrogen) atoms. The molecular weight excluding hydrogens is 265 g/mol. The number of nitro benzene ring substituents is 1. The van der Waals surface area contributed by atoms with Crippen LogP contribution in [-0.2, 0) is 14.4 Å². The van der Waals surface area contributed by atoms with Gasteiger partial charge in [0.15, 0.2) is 9.84 Å². The van der Waals surface area contributed by atoms with E-state index in [0.29, 0.717) is 5.30 Å². The molecule has 0 aliphatic rings. The van der Waals surface area contributed by atoms with Gasteiger partial charge < -0.3 is 4.57 Å². The summed E-state index contributed by atoms with van der Waals surface area (Å²) in [5.41, 5.74) is -0.477. The van der Waals surface area contributed by atoms with Crippen molar-refractivity contribution in [2.24, 2.45) is 0 Å². The van der Waals surface area contributed by atoms with E-state index in [0.717, 1.165) is 12.1 Å². The first-order valence-electron chi connectivity index (χ1n) is 4.78. The van der Waals surface area contributed by atoms with E-state index in [1.54, 1.807) is 0 Å². The van der Waals surface area contributed by atoms with Crippen molar-refractivity contribution in [2.75, 3.05) is 0 Å². The van der Waals surface area contributed by atoms with Gasteiger partial charge in [0.2, 0.25) is 0 Å². The van der Waals surface area contributed by atoms with E-state index < -0.39 is 34.2 Å². The summed E-state index contributed by atoms with van der Waals surface area (Å²) < 4.78 is 34.6. The van der Waals surface area contributed by atoms with Crippen molar-refractivity contribution in [1.82, 2.24) is 0 Å². The molecule has 1 atom stereocenters. The Morgan fingerprint density at radius 3 is 2.35 bits per heavy atom. The summed E-state index contributed by atoms with van der Waals surface area (Å²) >= 11 is 0. The Balaban J connectivity index is 3.59. The predicted octanol–water partition coefficient (Wildman–Crippen LogP) is 1.16. The molecule has 1 aromatic carbocycles. The highest BCUT2D eigenvalue weighted by atomic mass is 32.2. The minimum Gasteiger partial charge on any atom is -0.325 e. The van der Waals surface area contributed by atoms with Gasteiger partial charge in [-0.2, -0.15) is 0 Å². The quantitative estimate of drug-likeness (QED) is 0.467. The summed E-state index contributed by atoms with van der Waals surface area (Å²) in [4.78, 5) is 9.65. The smallest absolute Gasteiger partial charge is 0.288 e. The average Bonchev–Trinajstić information content (AvgIpc) is 2.27. The molecule has 0 heterocycles. The molecule has 0 aromatic heterocycles. The molecule has 6 nitrogen and oxygen atoms in total. The van der Waals surface area contributed by atoms with Gasteiger partial charge in [-0.1, -0.05) is 0 Å². The molecule has 0 amide bonds. The molecule has 0 radical (unpaired) electrons. The molecule has 0 saturated heterocycles. The minimum atomic E-state index is -3.75. The zero-order chi connectivity index (χ0) is 13.2. The highest BCUT2D eigenvalue weighted by Crippen LogP contribution is 2.26. The lowest BCUT2D eigenvalue weighted by molar-refractivity contribution is -0.387. The molecule has 0 aliphatic heterocycles. The largest absolute Gasteiger partial charge is 0.325 e. The lowest BCUT2D eigenvalue weighted by Crippen LogP contribution is -2.17. The van der Waals surface area contributed by atoms with E-state index in [2.05, 4.69) is 0 Å². The second-order valence-electron chi connectivity index (χ2n) is 3.70. The Bertz CT molecular complexity index is 567. The summed E-state index contributed by atoms with van der Waals surface area (Å²) in [6.45, 7) is 2.88. The number of sulfone groups is 1. The van der Waals surface area contributed by atoms with E-state index in [1.807, 2.05) is 0 Å². The van der Waals surface area contributed by atoms with Crippen molar-refractivity contribution < 1.29 is 17.9 Å². The summed E-state index contributed by atoms with van der Waals surface area (Å²) in [5, 5.41) is 10.3. The van der Waals surface area contributed by atoms with Crippen molar-refractivity contribution >= 4 is 29.3 Å². The molecule has 94 valence electrons. The third kappa shape index (κ3) is 2.73. The molecule has 1 rings (SSSR count). The SMILES string of the molecule is CC(C)S(=O)(=O)c1cc([PH2]=O)ccc1[N+](=O)[O-]. The third-order valence-electron chi connectivity index (χ3n) is 2.24. The first kappa shape index (κ1) is 13.9. The maximum Gasteiger partial charge on any atom is 0.288 e. The number of nitro groups is 1. The molecule has 1 unspecified atom stereocenters. The van der Waals surface area contributed by atoms with Crippen LogP contribution in [0.1, 0.15) is 13.8 Å². The van der Waals surface area contributed by atoms with Crippen LogP contribution in [0.3, 0.4) is 0 Å². The summed E-state index contributed by atoms with van der Waals surface area (Å²) in [6, 6.07) is 3.51. The predicted molar refractivity (Wildman–Crippen MR) is 65.4 cm³/mol. The van der Waals surface area contributed by atoms with E-state index in [9.17, 15) is 23.1 Å². The van der Waals surface area contributed by atoms with Crippen LogP contribution in [0.2, 0.25) is 0 Å². The van der Waals surface area contributed by atoms with Crippen LogP contribution in [0.25, 0.3) is 0 Å². The van der Waals surface area contributed by atoms with Crippen molar-refractivity contribution in [3.8, 4) is 0 Å². The van der Waals surface area contributed by atoms with Gasteiger partial charge in [-0.3, -0.25) is 10.1 Å². The Morgan fingerprint density at radius 2 is 1.94 bits per heavy atom. The topological polar surface area (TPSA) is 94.3 Å². The number of rotatable bonds is 4. The van der Waals surface area contributed by atoms with Gasteiger partial charge in [-0.05, 0) is 26.0 Å². The van der Waals surface area contributed by atoms with Gasteiger partial charge in [0.1, 0.15) is 4.90 Å². The highest BCUT2D eigenvalue weighted by molar-refractivity contribution is 7.92. The van der Waals surface area contributed by atoms with Gasteiger partial charge >= 0.3 is 0 Å². The van der Waals surface area contributed by atoms with E-state index in [-0.39, 0.29) is 4.90 Å². The molecular formula is C9H12NO5PS. The van der Waals surface area contributed by atoms with Gasteiger partial charge in [0.25, 0.3) is 5.69 Å². The zero-order valence-electron chi connectivity index (χ0n) is 9.28. The summed E-state index contributed by atoms with van der Waals surface area (Å²) in [5.74, 6) is 0. The lowest BCUT2D eigenvalue weighted by Gasteiger charge is -2.08. The van der Waals surface area contributed by atoms with Crippen LogP contribution < -0.4 is 5.30 Å². The lowest BCUT2D eigenvalue weighted by atomic mass is 10.3. The van der Waals surface area contributed by atoms with Crippen LogP contribution in [-0.4, -0.2) is 18.6 Å². The fourth-order valence-electron chi connectivity index (χ4n) is 1.24. The van der Waals surface area contributed by atoms with E-state index >= 15 is 0 Å². The maximum absolute atomic E-state index is 11.9. The number of benzene rings is 1. The Morgan fingerprint density at radius 1 is 1.35 bits per heavy atom. The average molecular weight is 277 g/mol. The van der Waals surface area contributed by atoms with Crippen molar-refractivity contribution in [2.45, 2.75) is 24.0 Å². The number of nitrogens with zero attached hydrogens (tertiary/aromatic N) is 1. The van der Waals surface area contributed by atoms with Crippen molar-refractivity contribution in [3.05, 3.63) is 28.3 Å². The Labute approximate surface area is 99.9 Å². The first-order chi connectivity index (χ1) is 7.80. The minimum absolute atomic E-state index is 0.301. The molecule has 0 bridgehead atoms. The van der Waals surface area contributed by atoms with Crippen LogP contribution in [0.5, 0.6) is 0 Å². The van der Waals surface area contributed by atoms with Crippen LogP contribution in [0.15, 0.2) is 23.1 Å². The van der Waals surface area contributed by atoms with E-state index in [1.165, 1.54) is 19.9 Å². The molecule has 8 heteroatoms. The van der Waals surface area contributed by atoms with Crippen molar-refractivity contribution in [1.29, 1.82) is 0 Å². The van der Waals surface area contributed by atoms with Crippen LogP contribution >= 0.6 is 8.46 Å². The van der Waals surface area contributed by atoms with Crippen molar-refractivity contribution in [3.63, 3.8) is 0 Å². The number of hydrogen-bond donors (Lipinski definition) is 0. The third-order valence-corrected chi connectivity index (χ3v) is 5.06. The second-order valence-corrected chi connectivity index (χ2v) is 7.07. The zero-order valence-corrected chi connectivity index (χ0v) is 11.3. The fraction of sp³-hybridized carbons (Fsp3) is 0.333. The normalized spacial score (nSPS) is 12.4. The highest BCUT2D eigenvalue weighted by Gasteiger charge is 2.28. The fourth-order valence-corrected chi connectivity index (χ4v) is 3.01. The van der Waals surface area contributed by atoms with Gasteiger partial charge in [0.05, 0.1) is 18.6 Å². The van der Waals surface area contributed by atoms with Crippen LogP contribution in [0, 0.1) is 10.1 Å². The number of hydrogen-bond acceptors (Lipinski definition) is 5. The first-order valence-corrected chi connectivity index (χ1v) is 7.37. The molecule has 1 aromatic rings. The molecule has 0 saturated carbocycles. The Hall–Kier alpha value is -1.20. The van der Waals surface area contributed by atoms with Crippen LogP contribution in [0.4, 0.5) is 5.69 Å². The van der Waals surface area contributed by atoms with E-state index in [4.69, 9.17) is 0 Å². The molecule has 0 N–H and O–H groups in total. The van der Waals surface area contributed by atoms with Gasteiger partial charge in [-0.25, -0.2) is 8.42 Å². The van der Waals surface area contributed by atoms with Gasteiger partial charge in [0, 0.05) is 11.4 Å². The monoisotopic (exact) mass is 277 g/mol. The molecule has 0 fully saturated rings.